The van der Waals surface area contributed by atoms with Gasteiger partial charge in [0.1, 0.15) is 32.8 Å². The lowest BCUT2D eigenvalue weighted by Gasteiger charge is -2.41. The molecule has 268 valence electrons. The van der Waals surface area contributed by atoms with Crippen LogP contribution in [0.1, 0.15) is 48.8 Å². The molecule has 0 bridgehead atoms. The number of piperidine rings is 1. The lowest BCUT2D eigenvalue weighted by molar-refractivity contribution is -0.945. The topological polar surface area (TPSA) is 148 Å². The molecular formula is C35H42Cl2N4O9+2. The Labute approximate surface area is 300 Å². The molecule has 0 aromatic heterocycles. The second-order valence-corrected chi connectivity index (χ2v) is 13.8. The minimum absolute atomic E-state index is 0.00760. The highest BCUT2D eigenvalue weighted by molar-refractivity contribution is 6.42. The molecule has 13 nitrogen and oxygen atoms in total. The van der Waals surface area contributed by atoms with E-state index in [1.165, 1.54) is 24.3 Å². The summed E-state index contributed by atoms with van der Waals surface area (Å²) < 4.78 is 16.6. The number of quaternary nitrogens is 2. The molecule has 0 saturated carbocycles. The fourth-order valence-corrected chi connectivity index (χ4v) is 6.70. The van der Waals surface area contributed by atoms with E-state index in [-0.39, 0.29) is 24.4 Å². The van der Waals surface area contributed by atoms with Crippen molar-refractivity contribution in [2.24, 2.45) is 0 Å². The zero-order valence-electron chi connectivity index (χ0n) is 28.0. The minimum atomic E-state index is -0.977. The first-order chi connectivity index (χ1) is 23.9. The average molecular weight is 734 g/mol. The van der Waals surface area contributed by atoms with Crippen molar-refractivity contribution in [3.8, 4) is 0 Å². The zero-order valence-corrected chi connectivity index (χ0v) is 29.5. The third-order valence-corrected chi connectivity index (χ3v) is 9.69. The van der Waals surface area contributed by atoms with E-state index in [0.717, 1.165) is 66.6 Å². The van der Waals surface area contributed by atoms with Gasteiger partial charge in [0.15, 0.2) is 0 Å². The summed E-state index contributed by atoms with van der Waals surface area (Å²) in [6, 6.07) is 18.3. The third-order valence-electron chi connectivity index (χ3n) is 8.95. The molecule has 3 aromatic rings. The molecule has 1 aliphatic heterocycles. The molecule has 1 saturated heterocycles. The Balaban J connectivity index is 1.22. The van der Waals surface area contributed by atoms with Crippen molar-refractivity contribution >= 4 is 46.7 Å². The predicted molar refractivity (Wildman–Crippen MR) is 186 cm³/mol. The highest BCUT2D eigenvalue weighted by Gasteiger charge is 2.30. The van der Waals surface area contributed by atoms with Crippen LogP contribution in [0.2, 0.25) is 10.0 Å². The zero-order chi connectivity index (χ0) is 36.1. The number of carbonyl (C=O) groups is 2. The Kier molecular flexibility index (Phi) is 13.9. The number of hydrogen-bond donors (Lipinski definition) is 0. The SMILES string of the molecule is C[N+](CCOC(=O)OCOC(=O)CCC[N+]1(Cc2ccc([N+](=O)[O-])cc2)CCCCC1)(Cc1ccc([N+](=O)[O-])cc1)Cc1ccc(Cl)c(Cl)c1. The maximum Gasteiger partial charge on any atom is 0.511 e. The molecule has 0 radical (unpaired) electrons. The summed E-state index contributed by atoms with van der Waals surface area (Å²) in [5.41, 5.74) is 2.83. The summed E-state index contributed by atoms with van der Waals surface area (Å²) in [7, 11) is 1.96. The molecule has 15 heteroatoms. The molecule has 1 fully saturated rings. The van der Waals surface area contributed by atoms with Crippen LogP contribution in [-0.2, 0) is 38.6 Å². The Hall–Kier alpha value is -4.30. The number of carbonyl (C=O) groups excluding carboxylic acids is 2. The summed E-state index contributed by atoms with van der Waals surface area (Å²) >= 11 is 12.3. The molecule has 0 aliphatic carbocycles. The molecule has 0 spiro atoms. The van der Waals surface area contributed by atoms with E-state index in [2.05, 4.69) is 0 Å². The molecule has 0 amide bonds. The maximum absolute atomic E-state index is 12.4. The van der Waals surface area contributed by atoms with Gasteiger partial charge in [-0.1, -0.05) is 29.3 Å². The molecule has 50 heavy (non-hydrogen) atoms. The van der Waals surface area contributed by atoms with Crippen molar-refractivity contribution < 1.29 is 42.6 Å². The number of nitrogens with zero attached hydrogens (tertiary/aromatic N) is 4. The standard InChI is InChI=1S/C35H42Cl2N4O9/c1-40(24-29-11-16-32(36)33(37)22-29,23-27-7-12-30(13-8-27)38(44)45)20-21-48-35(43)50-26-49-34(42)6-5-19-41(17-3-2-4-18-41)25-28-9-14-31(15-10-28)39(46)47/h7-16,22H,2-6,17-21,23-26H2,1H3/q+2. The molecule has 1 atom stereocenters. The monoisotopic (exact) mass is 732 g/mol. The lowest BCUT2D eigenvalue weighted by Crippen LogP contribution is -2.51. The normalized spacial score (nSPS) is 15.0. The van der Waals surface area contributed by atoms with Crippen LogP contribution in [0.4, 0.5) is 16.2 Å². The van der Waals surface area contributed by atoms with Crippen LogP contribution >= 0.6 is 23.2 Å². The number of likely N-dealkylation sites (N-methyl/N-ethyl adjacent to an activating group) is 1. The predicted octanol–water partition coefficient (Wildman–Crippen LogP) is 7.59. The first kappa shape index (κ1) is 38.5. The van der Waals surface area contributed by atoms with Gasteiger partial charge in [-0.25, -0.2) is 4.79 Å². The number of esters is 1. The second-order valence-electron chi connectivity index (χ2n) is 13.0. The quantitative estimate of drug-likeness (QED) is 0.0450. The molecule has 0 N–H and O–H groups in total. The van der Waals surface area contributed by atoms with Crippen LogP contribution < -0.4 is 0 Å². The summed E-state index contributed by atoms with van der Waals surface area (Å²) in [4.78, 5) is 46.0. The van der Waals surface area contributed by atoms with Crippen molar-refractivity contribution in [3.63, 3.8) is 0 Å². The largest absolute Gasteiger partial charge is 0.511 e. The van der Waals surface area contributed by atoms with E-state index in [4.69, 9.17) is 37.4 Å². The number of rotatable bonds is 17. The summed E-state index contributed by atoms with van der Waals surface area (Å²) in [6.07, 6.45) is 3.09. The average Bonchev–Trinajstić information content (AvgIpc) is 3.07. The van der Waals surface area contributed by atoms with Crippen molar-refractivity contribution in [1.82, 2.24) is 0 Å². The number of nitro benzene ring substituents is 2. The molecule has 4 rings (SSSR count). The number of hydrogen-bond acceptors (Lipinski definition) is 9. The Morgan fingerprint density at radius 2 is 1.36 bits per heavy atom. The number of nitro groups is 2. The van der Waals surface area contributed by atoms with Gasteiger partial charge in [-0.05, 0) is 55.7 Å². The van der Waals surface area contributed by atoms with Crippen LogP contribution in [-0.4, -0.2) is 77.6 Å². The van der Waals surface area contributed by atoms with Gasteiger partial charge in [-0.15, -0.1) is 0 Å². The van der Waals surface area contributed by atoms with E-state index in [1.807, 2.05) is 13.1 Å². The Bertz CT molecular complexity index is 1630. The smallest absolute Gasteiger partial charge is 0.428 e. The molecule has 1 unspecified atom stereocenters. The Morgan fingerprint density at radius 3 is 1.96 bits per heavy atom. The number of ether oxygens (including phenoxy) is 3. The number of non-ortho nitro benzene ring substituents is 2. The van der Waals surface area contributed by atoms with Crippen LogP contribution in [0.3, 0.4) is 0 Å². The maximum atomic E-state index is 12.4. The minimum Gasteiger partial charge on any atom is -0.428 e. The van der Waals surface area contributed by atoms with Gasteiger partial charge in [0, 0.05) is 47.4 Å². The van der Waals surface area contributed by atoms with Crippen LogP contribution in [0.25, 0.3) is 0 Å². The van der Waals surface area contributed by atoms with Crippen molar-refractivity contribution in [2.45, 2.75) is 51.7 Å². The lowest BCUT2D eigenvalue weighted by atomic mass is 10.0. The number of likely N-dealkylation sites (tertiary alicyclic amines) is 1. The third kappa shape index (κ3) is 11.9. The van der Waals surface area contributed by atoms with E-state index in [0.29, 0.717) is 40.6 Å². The highest BCUT2D eigenvalue weighted by Crippen LogP contribution is 2.27. The van der Waals surface area contributed by atoms with Gasteiger partial charge < -0.3 is 23.2 Å². The first-order valence-corrected chi connectivity index (χ1v) is 17.2. The number of benzene rings is 3. The van der Waals surface area contributed by atoms with Gasteiger partial charge in [0.25, 0.3) is 11.4 Å². The molecular weight excluding hydrogens is 691 g/mol. The van der Waals surface area contributed by atoms with Gasteiger partial charge in [-0.2, -0.15) is 0 Å². The van der Waals surface area contributed by atoms with E-state index < -0.39 is 28.8 Å². The highest BCUT2D eigenvalue weighted by atomic mass is 35.5. The van der Waals surface area contributed by atoms with Gasteiger partial charge in [-0.3, -0.25) is 25.0 Å². The van der Waals surface area contributed by atoms with Crippen molar-refractivity contribution in [1.29, 1.82) is 0 Å². The molecule has 1 heterocycles. The van der Waals surface area contributed by atoms with Gasteiger partial charge in [0.2, 0.25) is 6.79 Å². The van der Waals surface area contributed by atoms with Crippen molar-refractivity contribution in [2.75, 3.05) is 46.6 Å². The van der Waals surface area contributed by atoms with E-state index in [9.17, 15) is 29.8 Å². The fraction of sp³-hybridized carbons (Fsp3) is 0.429. The Morgan fingerprint density at radius 1 is 0.780 bits per heavy atom. The first-order valence-electron chi connectivity index (χ1n) is 16.4. The number of halogens is 2. The molecule has 3 aromatic carbocycles. The van der Waals surface area contributed by atoms with Crippen LogP contribution in [0, 0.1) is 20.2 Å². The van der Waals surface area contributed by atoms with Gasteiger partial charge in [0.05, 0.1) is 53.0 Å². The summed E-state index contributed by atoms with van der Waals surface area (Å²) in [5.74, 6) is -0.489. The van der Waals surface area contributed by atoms with E-state index in [1.54, 1.807) is 36.4 Å². The van der Waals surface area contributed by atoms with Crippen LogP contribution in [0.5, 0.6) is 0 Å². The fourth-order valence-electron chi connectivity index (χ4n) is 6.38. The molecule has 1 aliphatic rings. The van der Waals surface area contributed by atoms with Crippen LogP contribution in [0.15, 0.2) is 66.7 Å². The summed E-state index contributed by atoms with van der Waals surface area (Å²) in [6.45, 7) is 4.20. The van der Waals surface area contributed by atoms with Crippen molar-refractivity contribution in [3.05, 3.63) is 114 Å². The second kappa shape index (κ2) is 18.1. The van der Waals surface area contributed by atoms with Gasteiger partial charge >= 0.3 is 12.1 Å². The summed E-state index contributed by atoms with van der Waals surface area (Å²) in [5, 5.41) is 22.9. The van der Waals surface area contributed by atoms with E-state index >= 15 is 0 Å².